The fraction of sp³-hybridized carbons (Fsp3) is 0.688. The van der Waals surface area contributed by atoms with E-state index in [4.69, 9.17) is 5.11 Å². The van der Waals surface area contributed by atoms with E-state index in [1.54, 1.807) is 0 Å². The molecule has 20 heavy (non-hydrogen) atoms. The van der Waals surface area contributed by atoms with Gasteiger partial charge in [0, 0.05) is 26.2 Å². The molecule has 0 saturated carbocycles. The van der Waals surface area contributed by atoms with Gasteiger partial charge in [-0.25, -0.2) is 0 Å². The predicted octanol–water partition coefficient (Wildman–Crippen LogP) is 2.74. The van der Waals surface area contributed by atoms with Crippen LogP contribution in [0.25, 0.3) is 0 Å². The molecule has 1 aromatic heterocycles. The largest absolute Gasteiger partial charge is 0.396 e. The summed E-state index contributed by atoms with van der Waals surface area (Å²) >= 11 is 0. The number of pyridine rings is 1. The third-order valence-electron chi connectivity index (χ3n) is 3.51. The number of aromatic nitrogens is 1. The summed E-state index contributed by atoms with van der Waals surface area (Å²) in [5, 5.41) is 12.2. The van der Waals surface area contributed by atoms with Crippen molar-refractivity contribution in [3.63, 3.8) is 0 Å². The Balaban J connectivity index is 2.44. The molecule has 0 bridgehead atoms. The molecule has 0 fully saturated rings. The molecule has 0 aromatic carbocycles. The van der Waals surface area contributed by atoms with Crippen molar-refractivity contribution in [1.29, 1.82) is 0 Å². The Morgan fingerprint density at radius 2 is 2.10 bits per heavy atom. The van der Waals surface area contributed by atoms with Gasteiger partial charge in [-0.3, -0.25) is 4.98 Å². The van der Waals surface area contributed by atoms with Crippen LogP contribution < -0.4 is 10.2 Å². The monoisotopic (exact) mass is 279 g/mol. The molecular weight excluding hydrogens is 250 g/mol. The standard InChI is InChI=1S/C16H29N3O/c1-4-10-17-14(2)16-9-8-15(13-18-16)19(3)11-6-5-7-12-20/h8-9,13-14,17,20H,4-7,10-12H2,1-3H3. The highest BCUT2D eigenvalue weighted by Gasteiger charge is 2.07. The molecule has 0 radical (unpaired) electrons. The molecule has 1 unspecified atom stereocenters. The van der Waals surface area contributed by atoms with Crippen LogP contribution in [0.3, 0.4) is 0 Å². The summed E-state index contributed by atoms with van der Waals surface area (Å²) in [4.78, 5) is 6.77. The number of nitrogens with one attached hydrogen (secondary N) is 1. The van der Waals surface area contributed by atoms with Crippen LogP contribution in [0.4, 0.5) is 5.69 Å². The zero-order valence-electron chi connectivity index (χ0n) is 13.1. The van der Waals surface area contributed by atoms with Gasteiger partial charge in [-0.05, 0) is 51.3 Å². The Labute approximate surface area is 123 Å². The highest BCUT2D eigenvalue weighted by atomic mass is 16.2. The number of hydrogen-bond acceptors (Lipinski definition) is 4. The van der Waals surface area contributed by atoms with Gasteiger partial charge in [0.2, 0.25) is 0 Å². The van der Waals surface area contributed by atoms with Crippen molar-refractivity contribution in [3.8, 4) is 0 Å². The molecule has 0 spiro atoms. The third-order valence-corrected chi connectivity index (χ3v) is 3.51. The highest BCUT2D eigenvalue weighted by Crippen LogP contribution is 2.16. The number of unbranched alkanes of at least 4 members (excludes halogenated alkanes) is 2. The van der Waals surface area contributed by atoms with Gasteiger partial charge < -0.3 is 15.3 Å². The van der Waals surface area contributed by atoms with Gasteiger partial charge in [-0.2, -0.15) is 0 Å². The molecule has 114 valence electrons. The molecule has 4 heteroatoms. The van der Waals surface area contributed by atoms with E-state index in [2.05, 4.69) is 48.2 Å². The van der Waals surface area contributed by atoms with E-state index in [1.165, 1.54) is 0 Å². The normalized spacial score (nSPS) is 12.4. The van der Waals surface area contributed by atoms with Gasteiger partial charge in [0.25, 0.3) is 0 Å². The first-order valence-electron chi connectivity index (χ1n) is 7.70. The fourth-order valence-corrected chi connectivity index (χ4v) is 2.11. The second-order valence-electron chi connectivity index (χ2n) is 5.32. The van der Waals surface area contributed by atoms with E-state index < -0.39 is 0 Å². The van der Waals surface area contributed by atoms with Crippen molar-refractivity contribution < 1.29 is 5.11 Å². The lowest BCUT2D eigenvalue weighted by molar-refractivity contribution is 0.283. The molecule has 0 aliphatic rings. The van der Waals surface area contributed by atoms with Crippen molar-refractivity contribution in [2.75, 3.05) is 31.6 Å². The Morgan fingerprint density at radius 3 is 2.70 bits per heavy atom. The zero-order valence-corrected chi connectivity index (χ0v) is 13.1. The van der Waals surface area contributed by atoms with Gasteiger partial charge in [-0.15, -0.1) is 0 Å². The molecule has 0 aliphatic carbocycles. The second-order valence-corrected chi connectivity index (χ2v) is 5.32. The van der Waals surface area contributed by atoms with Crippen molar-refractivity contribution in [1.82, 2.24) is 10.3 Å². The van der Waals surface area contributed by atoms with Gasteiger partial charge in [0.05, 0.1) is 17.6 Å². The van der Waals surface area contributed by atoms with Crippen LogP contribution in [-0.2, 0) is 0 Å². The molecule has 1 heterocycles. The molecule has 0 amide bonds. The van der Waals surface area contributed by atoms with Crippen LogP contribution in [0.2, 0.25) is 0 Å². The smallest absolute Gasteiger partial charge is 0.0572 e. The lowest BCUT2D eigenvalue weighted by Crippen LogP contribution is -2.21. The van der Waals surface area contributed by atoms with Gasteiger partial charge in [0.1, 0.15) is 0 Å². The number of anilines is 1. The van der Waals surface area contributed by atoms with E-state index >= 15 is 0 Å². The minimum Gasteiger partial charge on any atom is -0.396 e. The number of nitrogens with zero attached hydrogens (tertiary/aromatic N) is 2. The summed E-state index contributed by atoms with van der Waals surface area (Å²) in [5.41, 5.74) is 2.25. The van der Waals surface area contributed by atoms with Crippen LogP contribution >= 0.6 is 0 Å². The van der Waals surface area contributed by atoms with Crippen molar-refractivity contribution in [2.24, 2.45) is 0 Å². The van der Waals surface area contributed by atoms with E-state index in [1.807, 2.05) is 6.20 Å². The third kappa shape index (κ3) is 5.88. The van der Waals surface area contributed by atoms with Gasteiger partial charge in [0.15, 0.2) is 0 Å². The number of rotatable bonds is 10. The summed E-state index contributed by atoms with van der Waals surface area (Å²) in [5.74, 6) is 0. The maximum atomic E-state index is 8.76. The highest BCUT2D eigenvalue weighted by molar-refractivity contribution is 5.43. The Morgan fingerprint density at radius 1 is 1.30 bits per heavy atom. The van der Waals surface area contributed by atoms with Crippen LogP contribution in [0, 0.1) is 0 Å². The summed E-state index contributed by atoms with van der Waals surface area (Å²) in [6.45, 7) is 6.64. The van der Waals surface area contributed by atoms with Gasteiger partial charge >= 0.3 is 0 Å². The average molecular weight is 279 g/mol. The summed E-state index contributed by atoms with van der Waals surface area (Å²) in [6, 6.07) is 4.55. The zero-order chi connectivity index (χ0) is 14.8. The van der Waals surface area contributed by atoms with E-state index in [0.29, 0.717) is 12.6 Å². The van der Waals surface area contributed by atoms with E-state index in [9.17, 15) is 0 Å². The Bertz CT molecular complexity index is 353. The van der Waals surface area contributed by atoms with Crippen LogP contribution in [0.1, 0.15) is 51.3 Å². The Hall–Kier alpha value is -1.13. The van der Waals surface area contributed by atoms with Crippen LogP contribution in [0.5, 0.6) is 0 Å². The van der Waals surface area contributed by atoms with Crippen LogP contribution in [0.15, 0.2) is 18.3 Å². The van der Waals surface area contributed by atoms with Crippen molar-refractivity contribution in [2.45, 2.75) is 45.6 Å². The molecule has 4 nitrogen and oxygen atoms in total. The lowest BCUT2D eigenvalue weighted by Gasteiger charge is -2.20. The van der Waals surface area contributed by atoms with Crippen molar-refractivity contribution in [3.05, 3.63) is 24.0 Å². The summed E-state index contributed by atoms with van der Waals surface area (Å²) in [6.07, 6.45) is 6.16. The number of aliphatic hydroxyl groups excluding tert-OH is 1. The van der Waals surface area contributed by atoms with E-state index in [-0.39, 0.29) is 0 Å². The molecular formula is C16H29N3O. The molecule has 2 N–H and O–H groups in total. The average Bonchev–Trinajstić information content (AvgIpc) is 2.49. The quantitative estimate of drug-likeness (QED) is 0.647. The van der Waals surface area contributed by atoms with Gasteiger partial charge in [-0.1, -0.05) is 6.92 Å². The summed E-state index contributed by atoms with van der Waals surface area (Å²) < 4.78 is 0. The summed E-state index contributed by atoms with van der Waals surface area (Å²) in [7, 11) is 2.09. The van der Waals surface area contributed by atoms with E-state index in [0.717, 1.165) is 50.2 Å². The predicted molar refractivity (Wildman–Crippen MR) is 85.2 cm³/mol. The molecule has 0 saturated heterocycles. The maximum absolute atomic E-state index is 8.76. The first-order valence-corrected chi connectivity index (χ1v) is 7.70. The second kappa shape index (κ2) is 9.72. The SMILES string of the molecule is CCCNC(C)c1ccc(N(C)CCCCCO)cn1. The number of hydrogen-bond donors (Lipinski definition) is 2. The number of aliphatic hydroxyl groups is 1. The molecule has 1 aromatic rings. The minimum atomic E-state index is 0.294. The van der Waals surface area contributed by atoms with Crippen molar-refractivity contribution >= 4 is 5.69 Å². The molecule has 0 aliphatic heterocycles. The first-order chi connectivity index (χ1) is 9.69. The topological polar surface area (TPSA) is 48.4 Å². The minimum absolute atomic E-state index is 0.294. The fourth-order valence-electron chi connectivity index (χ4n) is 2.11. The van der Waals surface area contributed by atoms with Crippen LogP contribution in [-0.4, -0.2) is 36.8 Å². The Kier molecular flexibility index (Phi) is 8.23. The lowest BCUT2D eigenvalue weighted by atomic mass is 10.2. The maximum Gasteiger partial charge on any atom is 0.0572 e. The first kappa shape index (κ1) is 16.9. The molecule has 1 rings (SSSR count). The molecule has 1 atom stereocenters.